The molecular formula is C11H18N2O5. The largest absolute Gasteiger partial charge is 0.481 e. The van der Waals surface area contributed by atoms with E-state index >= 15 is 0 Å². The third-order valence-electron chi connectivity index (χ3n) is 3.15. The maximum Gasteiger partial charge on any atom is 0.306 e. The molecule has 1 amide bonds. The number of carbonyl (C=O) groups is 3. The number of nitrogens with one attached hydrogen (secondary N) is 1. The average molecular weight is 258 g/mol. The molecule has 0 spiro atoms. The van der Waals surface area contributed by atoms with Gasteiger partial charge in [0.15, 0.2) is 0 Å². The molecule has 7 heteroatoms. The Labute approximate surface area is 104 Å². The first-order valence-electron chi connectivity index (χ1n) is 5.90. The van der Waals surface area contributed by atoms with Crippen LogP contribution in [0.15, 0.2) is 0 Å². The topological polar surface area (TPSA) is 130 Å². The normalized spacial score (nSPS) is 25.2. The zero-order valence-electron chi connectivity index (χ0n) is 9.96. The Morgan fingerprint density at radius 1 is 1.17 bits per heavy atom. The van der Waals surface area contributed by atoms with E-state index < -0.39 is 30.3 Å². The first-order valence-corrected chi connectivity index (χ1v) is 5.90. The summed E-state index contributed by atoms with van der Waals surface area (Å²) in [7, 11) is 0. The molecule has 1 atom stereocenters. The van der Waals surface area contributed by atoms with Crippen LogP contribution in [0, 0.1) is 5.92 Å². The molecule has 102 valence electrons. The number of hydrogen-bond donors (Lipinski definition) is 4. The van der Waals surface area contributed by atoms with Crippen molar-refractivity contribution in [2.24, 2.45) is 11.7 Å². The van der Waals surface area contributed by atoms with Gasteiger partial charge in [-0.25, -0.2) is 0 Å². The summed E-state index contributed by atoms with van der Waals surface area (Å²) >= 11 is 0. The molecule has 1 saturated carbocycles. The summed E-state index contributed by atoms with van der Waals surface area (Å²) in [4.78, 5) is 32.7. The van der Waals surface area contributed by atoms with Crippen LogP contribution in [0.1, 0.15) is 32.1 Å². The fourth-order valence-electron chi connectivity index (χ4n) is 2.07. The lowest BCUT2D eigenvalue weighted by molar-refractivity contribution is -0.143. The smallest absolute Gasteiger partial charge is 0.306 e. The summed E-state index contributed by atoms with van der Waals surface area (Å²) < 4.78 is 0. The third kappa shape index (κ3) is 4.33. The highest BCUT2D eigenvalue weighted by Gasteiger charge is 2.28. The van der Waals surface area contributed by atoms with Crippen molar-refractivity contribution in [3.05, 3.63) is 0 Å². The molecule has 5 N–H and O–H groups in total. The van der Waals surface area contributed by atoms with E-state index in [2.05, 4.69) is 5.32 Å². The summed E-state index contributed by atoms with van der Waals surface area (Å²) in [5, 5.41) is 20.0. The lowest BCUT2D eigenvalue weighted by Gasteiger charge is -2.27. The summed E-state index contributed by atoms with van der Waals surface area (Å²) in [6.45, 7) is 0. The molecule has 0 aromatic heterocycles. The van der Waals surface area contributed by atoms with Crippen molar-refractivity contribution in [2.75, 3.05) is 0 Å². The van der Waals surface area contributed by atoms with Crippen molar-refractivity contribution < 1.29 is 24.6 Å². The highest BCUT2D eigenvalue weighted by molar-refractivity contribution is 5.86. The highest BCUT2D eigenvalue weighted by atomic mass is 16.4. The van der Waals surface area contributed by atoms with Crippen molar-refractivity contribution >= 4 is 17.8 Å². The van der Waals surface area contributed by atoms with Gasteiger partial charge in [0, 0.05) is 6.04 Å². The molecule has 0 bridgehead atoms. The molecule has 1 fully saturated rings. The zero-order valence-corrected chi connectivity index (χ0v) is 9.96. The fourth-order valence-corrected chi connectivity index (χ4v) is 2.07. The van der Waals surface area contributed by atoms with Gasteiger partial charge in [-0.15, -0.1) is 0 Å². The van der Waals surface area contributed by atoms with Crippen molar-refractivity contribution in [2.45, 2.75) is 44.2 Å². The third-order valence-corrected chi connectivity index (χ3v) is 3.15. The molecule has 1 aliphatic rings. The number of nitrogens with two attached hydrogens (primary N) is 1. The Kier molecular flexibility index (Phi) is 5.08. The number of rotatable bonds is 5. The van der Waals surface area contributed by atoms with Crippen LogP contribution in [0.3, 0.4) is 0 Å². The molecule has 1 unspecified atom stereocenters. The Morgan fingerprint density at radius 3 is 2.17 bits per heavy atom. The zero-order chi connectivity index (χ0) is 13.7. The average Bonchev–Trinajstić information content (AvgIpc) is 2.28. The van der Waals surface area contributed by atoms with Crippen LogP contribution in [0.2, 0.25) is 0 Å². The number of carboxylic acids is 2. The van der Waals surface area contributed by atoms with Crippen molar-refractivity contribution in [1.82, 2.24) is 5.32 Å². The van der Waals surface area contributed by atoms with Gasteiger partial charge in [-0.05, 0) is 25.7 Å². The van der Waals surface area contributed by atoms with E-state index in [9.17, 15) is 14.4 Å². The molecule has 0 aliphatic heterocycles. The van der Waals surface area contributed by atoms with Crippen LogP contribution >= 0.6 is 0 Å². The van der Waals surface area contributed by atoms with E-state index in [4.69, 9.17) is 15.9 Å². The minimum absolute atomic E-state index is 0.104. The SMILES string of the molecule is NC(CC(=O)O)C(=O)NC1CCC(C(=O)O)CC1. The molecule has 18 heavy (non-hydrogen) atoms. The van der Waals surface area contributed by atoms with E-state index in [1.165, 1.54) is 0 Å². The van der Waals surface area contributed by atoms with E-state index in [0.717, 1.165) is 0 Å². The Bertz CT molecular complexity index is 336. The number of amides is 1. The van der Waals surface area contributed by atoms with E-state index in [1.54, 1.807) is 0 Å². The Balaban J connectivity index is 2.34. The van der Waals surface area contributed by atoms with Crippen molar-refractivity contribution in [3.63, 3.8) is 0 Å². The second kappa shape index (κ2) is 6.34. The number of carbonyl (C=O) groups excluding carboxylic acids is 1. The van der Waals surface area contributed by atoms with E-state index in [0.29, 0.717) is 25.7 Å². The van der Waals surface area contributed by atoms with Gasteiger partial charge in [0.25, 0.3) is 0 Å². The van der Waals surface area contributed by atoms with Gasteiger partial charge in [0.05, 0.1) is 18.4 Å². The van der Waals surface area contributed by atoms with E-state index in [1.807, 2.05) is 0 Å². The minimum Gasteiger partial charge on any atom is -0.481 e. The summed E-state index contributed by atoms with van der Waals surface area (Å²) in [6, 6.07) is -1.16. The van der Waals surface area contributed by atoms with Gasteiger partial charge in [0.2, 0.25) is 5.91 Å². The van der Waals surface area contributed by atoms with Gasteiger partial charge in [-0.3, -0.25) is 14.4 Å². The second-order valence-corrected chi connectivity index (χ2v) is 4.60. The lowest BCUT2D eigenvalue weighted by atomic mass is 9.86. The lowest BCUT2D eigenvalue weighted by Crippen LogP contribution is -2.47. The maximum absolute atomic E-state index is 11.5. The van der Waals surface area contributed by atoms with Crippen LogP contribution in [0.25, 0.3) is 0 Å². The molecule has 1 rings (SSSR count). The van der Waals surface area contributed by atoms with Crippen molar-refractivity contribution in [3.8, 4) is 0 Å². The number of hydrogen-bond acceptors (Lipinski definition) is 4. The van der Waals surface area contributed by atoms with Crippen LogP contribution < -0.4 is 11.1 Å². The van der Waals surface area contributed by atoms with Crippen LogP contribution in [-0.2, 0) is 14.4 Å². The van der Waals surface area contributed by atoms with Gasteiger partial charge in [-0.1, -0.05) is 0 Å². The summed E-state index contributed by atoms with van der Waals surface area (Å²) in [5.41, 5.74) is 5.42. The first kappa shape index (κ1) is 14.4. The molecule has 0 aromatic rings. The van der Waals surface area contributed by atoms with Gasteiger partial charge >= 0.3 is 11.9 Å². The standard InChI is InChI=1S/C11H18N2O5/c12-8(5-9(14)15)10(16)13-7-3-1-6(2-4-7)11(17)18/h6-8H,1-5,12H2,(H,13,16)(H,14,15)(H,17,18). The van der Waals surface area contributed by atoms with Crippen LogP contribution in [0.4, 0.5) is 0 Å². The Hall–Kier alpha value is -1.63. The van der Waals surface area contributed by atoms with E-state index in [-0.39, 0.29) is 12.0 Å². The fraction of sp³-hybridized carbons (Fsp3) is 0.727. The first-order chi connectivity index (χ1) is 8.40. The highest BCUT2D eigenvalue weighted by Crippen LogP contribution is 2.24. The molecule has 0 aromatic carbocycles. The quantitative estimate of drug-likeness (QED) is 0.528. The van der Waals surface area contributed by atoms with Gasteiger partial charge in [0.1, 0.15) is 0 Å². The summed E-state index contributed by atoms with van der Waals surface area (Å²) in [5.74, 6) is -2.75. The van der Waals surface area contributed by atoms with Crippen LogP contribution in [0.5, 0.6) is 0 Å². The van der Waals surface area contributed by atoms with Crippen LogP contribution in [-0.4, -0.2) is 40.1 Å². The predicted octanol–water partition coefficient (Wildman–Crippen LogP) is -0.452. The monoisotopic (exact) mass is 258 g/mol. The minimum atomic E-state index is -1.12. The van der Waals surface area contributed by atoms with Gasteiger partial charge < -0.3 is 21.3 Å². The Morgan fingerprint density at radius 2 is 1.72 bits per heavy atom. The molecular weight excluding hydrogens is 240 g/mol. The summed E-state index contributed by atoms with van der Waals surface area (Å²) in [6.07, 6.45) is 1.81. The molecule has 0 saturated heterocycles. The maximum atomic E-state index is 11.5. The van der Waals surface area contributed by atoms with Crippen molar-refractivity contribution in [1.29, 1.82) is 0 Å². The van der Waals surface area contributed by atoms with Gasteiger partial charge in [-0.2, -0.15) is 0 Å². The predicted molar refractivity (Wildman–Crippen MR) is 61.8 cm³/mol. The molecule has 0 heterocycles. The molecule has 0 radical (unpaired) electrons. The number of carboxylic acid groups (broad SMARTS) is 2. The molecule has 1 aliphatic carbocycles. The molecule has 7 nitrogen and oxygen atoms in total. The number of aliphatic carboxylic acids is 2. The second-order valence-electron chi connectivity index (χ2n) is 4.60.